The van der Waals surface area contributed by atoms with E-state index in [1.807, 2.05) is 6.92 Å². The van der Waals surface area contributed by atoms with Gasteiger partial charge in [0.15, 0.2) is 29.1 Å². The number of benzene rings is 3. The second-order valence-corrected chi connectivity index (χ2v) is 9.51. The summed E-state index contributed by atoms with van der Waals surface area (Å²) in [6, 6.07) is 14.1. The Morgan fingerprint density at radius 2 is 1.09 bits per heavy atom. The lowest BCUT2D eigenvalue weighted by Crippen LogP contribution is -2.39. The molecule has 3 rings (SSSR count). The highest BCUT2D eigenvalue weighted by Gasteiger charge is 2.33. The molecule has 1 N–H and O–H groups in total. The molecule has 0 radical (unpaired) electrons. The van der Waals surface area contributed by atoms with Crippen LogP contribution >= 0.6 is 0 Å². The van der Waals surface area contributed by atoms with Gasteiger partial charge < -0.3 is 43.0 Å². The minimum absolute atomic E-state index is 0.0193. The Morgan fingerprint density at radius 1 is 0.622 bits per heavy atom. The standard InChI is InChI=1S/C33H38O12/c1-7-11-24(44-33(37)23-15-10-17-26(39-3)30(23)42-6)27(45-32(36)21-13-8-12-20(18-34)28(21)40-4)19-43-31(35)22-14-9-16-25(38-2)29(22)41-5/h8-10,12-17,24,27,34H,7,11,18-19H2,1-6H3. The van der Waals surface area contributed by atoms with Crippen molar-refractivity contribution in [2.75, 3.05) is 42.2 Å². The van der Waals surface area contributed by atoms with E-state index in [2.05, 4.69) is 0 Å². The quantitative estimate of drug-likeness (QED) is 0.175. The number of esters is 3. The Morgan fingerprint density at radius 3 is 1.56 bits per heavy atom. The summed E-state index contributed by atoms with van der Waals surface area (Å²) in [7, 11) is 7.01. The minimum atomic E-state index is -1.26. The maximum atomic E-state index is 13.5. The van der Waals surface area contributed by atoms with Crippen LogP contribution in [0.5, 0.6) is 28.7 Å². The monoisotopic (exact) mass is 626 g/mol. The van der Waals surface area contributed by atoms with E-state index in [0.717, 1.165) is 0 Å². The zero-order chi connectivity index (χ0) is 32.9. The van der Waals surface area contributed by atoms with Crippen LogP contribution in [0.1, 0.15) is 56.4 Å². The molecule has 0 amide bonds. The lowest BCUT2D eigenvalue weighted by Gasteiger charge is -2.27. The second-order valence-electron chi connectivity index (χ2n) is 9.51. The number of carbonyl (C=O) groups is 3. The Kier molecular flexibility index (Phi) is 12.9. The minimum Gasteiger partial charge on any atom is -0.495 e. The summed E-state index contributed by atoms with van der Waals surface area (Å²) in [5.74, 6) is -1.34. The summed E-state index contributed by atoms with van der Waals surface area (Å²) >= 11 is 0. The maximum Gasteiger partial charge on any atom is 0.342 e. The second kappa shape index (κ2) is 16.8. The Balaban J connectivity index is 1.98. The fraction of sp³-hybridized carbons (Fsp3) is 0.364. The molecule has 3 aromatic carbocycles. The fourth-order valence-electron chi connectivity index (χ4n) is 4.67. The molecule has 0 aliphatic heterocycles. The molecule has 242 valence electrons. The molecule has 0 heterocycles. The van der Waals surface area contributed by atoms with Gasteiger partial charge in [-0.1, -0.05) is 37.6 Å². The van der Waals surface area contributed by atoms with Crippen molar-refractivity contribution < 1.29 is 57.4 Å². The van der Waals surface area contributed by atoms with Crippen molar-refractivity contribution in [3.63, 3.8) is 0 Å². The first-order valence-corrected chi connectivity index (χ1v) is 14.1. The third-order valence-electron chi connectivity index (χ3n) is 6.82. The number of methoxy groups -OCH3 is 5. The van der Waals surface area contributed by atoms with Crippen LogP contribution in [0.15, 0.2) is 54.6 Å². The average Bonchev–Trinajstić information content (AvgIpc) is 3.07. The number of hydrogen-bond acceptors (Lipinski definition) is 12. The van der Waals surface area contributed by atoms with Crippen LogP contribution in [0.3, 0.4) is 0 Å². The SMILES string of the molecule is CCCC(OC(=O)c1cccc(OC)c1OC)C(COC(=O)c1cccc(OC)c1OC)OC(=O)c1cccc(CO)c1OC. The van der Waals surface area contributed by atoms with E-state index in [4.69, 9.17) is 37.9 Å². The van der Waals surface area contributed by atoms with Gasteiger partial charge in [-0.3, -0.25) is 0 Å². The van der Waals surface area contributed by atoms with Crippen LogP contribution in [-0.4, -0.2) is 77.4 Å². The Hall–Kier alpha value is -4.97. The molecule has 2 atom stereocenters. The summed E-state index contributed by atoms with van der Waals surface area (Å²) in [6.07, 6.45) is -1.57. The van der Waals surface area contributed by atoms with E-state index in [1.165, 1.54) is 53.7 Å². The molecular formula is C33H38O12. The van der Waals surface area contributed by atoms with Gasteiger partial charge in [0.05, 0.1) is 42.2 Å². The van der Waals surface area contributed by atoms with Crippen LogP contribution in [0.4, 0.5) is 0 Å². The van der Waals surface area contributed by atoms with Gasteiger partial charge in [0.1, 0.15) is 35.2 Å². The van der Waals surface area contributed by atoms with Crippen molar-refractivity contribution in [2.24, 2.45) is 0 Å². The first kappa shape index (κ1) is 34.5. The van der Waals surface area contributed by atoms with E-state index in [0.29, 0.717) is 23.5 Å². The number of hydrogen-bond donors (Lipinski definition) is 1. The molecule has 0 fully saturated rings. The van der Waals surface area contributed by atoms with Gasteiger partial charge in [-0.25, -0.2) is 14.4 Å². The highest BCUT2D eigenvalue weighted by Crippen LogP contribution is 2.33. The van der Waals surface area contributed by atoms with Crippen LogP contribution in [0, 0.1) is 0 Å². The number of para-hydroxylation sites is 3. The predicted molar refractivity (Wildman–Crippen MR) is 162 cm³/mol. The molecular weight excluding hydrogens is 588 g/mol. The van der Waals surface area contributed by atoms with Crippen LogP contribution in [0.25, 0.3) is 0 Å². The average molecular weight is 627 g/mol. The number of ether oxygens (including phenoxy) is 8. The van der Waals surface area contributed by atoms with Crippen LogP contribution in [-0.2, 0) is 20.8 Å². The van der Waals surface area contributed by atoms with Gasteiger partial charge in [0.2, 0.25) is 0 Å². The van der Waals surface area contributed by atoms with Gasteiger partial charge in [-0.2, -0.15) is 0 Å². The number of aliphatic hydroxyl groups is 1. The third kappa shape index (κ3) is 8.15. The molecule has 12 nitrogen and oxygen atoms in total. The van der Waals surface area contributed by atoms with E-state index >= 15 is 0 Å². The fourth-order valence-corrected chi connectivity index (χ4v) is 4.67. The predicted octanol–water partition coefficient (Wildman–Crippen LogP) is 4.63. The largest absolute Gasteiger partial charge is 0.495 e. The van der Waals surface area contributed by atoms with Crippen LogP contribution < -0.4 is 23.7 Å². The molecule has 45 heavy (non-hydrogen) atoms. The third-order valence-corrected chi connectivity index (χ3v) is 6.82. The van der Waals surface area contributed by atoms with Crippen LogP contribution in [0.2, 0.25) is 0 Å². The lowest BCUT2D eigenvalue weighted by atomic mass is 10.1. The highest BCUT2D eigenvalue weighted by atomic mass is 16.6. The molecule has 0 aliphatic carbocycles. The lowest BCUT2D eigenvalue weighted by molar-refractivity contribution is -0.0603. The van der Waals surface area contributed by atoms with Crippen molar-refractivity contribution >= 4 is 17.9 Å². The van der Waals surface area contributed by atoms with Gasteiger partial charge in [-0.05, 0) is 36.8 Å². The molecule has 2 unspecified atom stereocenters. The van der Waals surface area contributed by atoms with Crippen molar-refractivity contribution in [3.8, 4) is 28.7 Å². The van der Waals surface area contributed by atoms with Crippen molar-refractivity contribution in [2.45, 2.75) is 38.6 Å². The van der Waals surface area contributed by atoms with Crippen molar-refractivity contribution in [1.29, 1.82) is 0 Å². The maximum absolute atomic E-state index is 13.5. The summed E-state index contributed by atoms with van der Waals surface area (Å²) in [5, 5.41) is 9.73. The molecule has 12 heteroatoms. The summed E-state index contributed by atoms with van der Waals surface area (Å²) < 4.78 is 44.0. The van der Waals surface area contributed by atoms with E-state index in [9.17, 15) is 19.5 Å². The molecule has 0 spiro atoms. The number of rotatable bonds is 16. The first-order chi connectivity index (χ1) is 21.8. The molecule has 0 saturated carbocycles. The summed E-state index contributed by atoms with van der Waals surface area (Å²) in [4.78, 5) is 40.2. The Bertz CT molecular complexity index is 1470. The highest BCUT2D eigenvalue weighted by molar-refractivity contribution is 5.95. The first-order valence-electron chi connectivity index (χ1n) is 14.1. The molecule has 0 bridgehead atoms. The number of aliphatic hydroxyl groups excluding tert-OH is 1. The molecule has 0 aromatic heterocycles. The van der Waals surface area contributed by atoms with Gasteiger partial charge >= 0.3 is 17.9 Å². The normalized spacial score (nSPS) is 11.9. The van der Waals surface area contributed by atoms with E-state index in [-0.39, 0.29) is 47.0 Å². The summed E-state index contributed by atoms with van der Waals surface area (Å²) in [6.45, 7) is 0.985. The molecule has 0 aliphatic rings. The summed E-state index contributed by atoms with van der Waals surface area (Å²) in [5.41, 5.74) is 0.537. The zero-order valence-corrected chi connectivity index (χ0v) is 26.1. The topological polar surface area (TPSA) is 145 Å². The molecule has 0 saturated heterocycles. The van der Waals surface area contributed by atoms with E-state index < -0.39 is 36.7 Å². The van der Waals surface area contributed by atoms with Crippen molar-refractivity contribution in [3.05, 3.63) is 76.9 Å². The zero-order valence-electron chi connectivity index (χ0n) is 26.1. The smallest absolute Gasteiger partial charge is 0.342 e. The molecule has 3 aromatic rings. The van der Waals surface area contributed by atoms with Gasteiger partial charge in [0, 0.05) is 5.56 Å². The Labute approximate surface area is 261 Å². The van der Waals surface area contributed by atoms with Crippen molar-refractivity contribution in [1.82, 2.24) is 0 Å². The van der Waals surface area contributed by atoms with Gasteiger partial charge in [0.25, 0.3) is 0 Å². The van der Waals surface area contributed by atoms with Gasteiger partial charge in [-0.15, -0.1) is 0 Å². The van der Waals surface area contributed by atoms with E-state index in [1.54, 1.807) is 36.4 Å². The number of carbonyl (C=O) groups excluding carboxylic acids is 3.